The van der Waals surface area contributed by atoms with E-state index in [1.165, 1.54) is 4.57 Å². The molecule has 26 heavy (non-hydrogen) atoms. The van der Waals surface area contributed by atoms with Gasteiger partial charge < -0.3 is 29.9 Å². The van der Waals surface area contributed by atoms with Crippen molar-refractivity contribution in [3.05, 3.63) is 34.1 Å². The maximum absolute atomic E-state index is 12.3. The zero-order valence-corrected chi connectivity index (χ0v) is 14.7. The van der Waals surface area contributed by atoms with E-state index in [9.17, 15) is 29.7 Å². The van der Waals surface area contributed by atoms with Crippen LogP contribution >= 0.6 is 0 Å². The Hall–Kier alpha value is -3.23. The quantitative estimate of drug-likeness (QED) is 0.612. The summed E-state index contributed by atoms with van der Waals surface area (Å²) in [5.74, 6) is -2.50. The molecule has 1 aromatic heterocycles. The summed E-state index contributed by atoms with van der Waals surface area (Å²) in [7, 11) is 0. The number of aromatic hydroxyl groups is 2. The fourth-order valence-corrected chi connectivity index (χ4v) is 2.39. The minimum Gasteiger partial charge on any atom is -0.504 e. The van der Waals surface area contributed by atoms with Crippen molar-refractivity contribution in [2.24, 2.45) is 0 Å². The van der Waals surface area contributed by atoms with E-state index in [0.717, 1.165) is 18.3 Å². The molecule has 4 N–H and O–H groups in total. The molecule has 9 nitrogen and oxygen atoms in total. The van der Waals surface area contributed by atoms with Crippen molar-refractivity contribution in [2.45, 2.75) is 39.5 Å². The summed E-state index contributed by atoms with van der Waals surface area (Å²) in [5, 5.41) is 31.0. The summed E-state index contributed by atoms with van der Waals surface area (Å²) < 4.78 is 6.45. The topological polar surface area (TPSA) is 138 Å². The number of nitrogens with zero attached hydrogens (tertiary/aromatic N) is 1. The van der Waals surface area contributed by atoms with Gasteiger partial charge in [-0.3, -0.25) is 4.79 Å². The number of benzene rings is 1. The number of carboxylic acid groups (broad SMARTS) is 1. The Kier molecular flexibility index (Phi) is 4.84. The van der Waals surface area contributed by atoms with Gasteiger partial charge in [0.2, 0.25) is 5.43 Å². The second-order valence-corrected chi connectivity index (χ2v) is 6.76. The molecule has 1 amide bonds. The van der Waals surface area contributed by atoms with Gasteiger partial charge in [0.05, 0.1) is 10.9 Å². The van der Waals surface area contributed by atoms with E-state index in [4.69, 9.17) is 4.74 Å². The monoisotopic (exact) mass is 364 g/mol. The fourth-order valence-electron chi connectivity index (χ4n) is 2.39. The van der Waals surface area contributed by atoms with Crippen molar-refractivity contribution in [1.29, 1.82) is 0 Å². The van der Waals surface area contributed by atoms with E-state index in [0.29, 0.717) is 0 Å². The van der Waals surface area contributed by atoms with Crippen molar-refractivity contribution in [3.8, 4) is 11.5 Å². The molecule has 0 aliphatic carbocycles. The lowest BCUT2D eigenvalue weighted by Gasteiger charge is -2.24. The first-order valence-electron chi connectivity index (χ1n) is 7.74. The molecule has 0 saturated heterocycles. The van der Waals surface area contributed by atoms with E-state index in [2.05, 4.69) is 5.32 Å². The average Bonchev–Trinajstić information content (AvgIpc) is 2.47. The summed E-state index contributed by atoms with van der Waals surface area (Å²) in [4.78, 5) is 35.7. The van der Waals surface area contributed by atoms with Gasteiger partial charge >= 0.3 is 12.1 Å². The van der Waals surface area contributed by atoms with Crippen LogP contribution in [0.25, 0.3) is 10.9 Å². The summed E-state index contributed by atoms with van der Waals surface area (Å²) in [6.07, 6.45) is -0.488. The number of rotatable bonds is 3. The molecule has 9 heteroatoms. The maximum Gasteiger partial charge on any atom is 0.409 e. The highest BCUT2D eigenvalue weighted by Crippen LogP contribution is 2.30. The number of aromatic nitrogens is 1. The van der Waals surface area contributed by atoms with E-state index in [1.807, 2.05) is 0 Å². The Bertz CT molecular complexity index is 941. The minimum atomic E-state index is -1.46. The summed E-state index contributed by atoms with van der Waals surface area (Å²) in [6.45, 7) is 6.61. The summed E-state index contributed by atoms with van der Waals surface area (Å²) in [5.41, 5.74) is -1.95. The lowest BCUT2D eigenvalue weighted by Crippen LogP contribution is -2.36. The number of hydrogen-bond acceptors (Lipinski definition) is 6. The minimum absolute atomic E-state index is 0.113. The third-order valence-corrected chi connectivity index (χ3v) is 3.50. The molecule has 2 rings (SSSR count). The van der Waals surface area contributed by atoms with Crippen molar-refractivity contribution in [2.75, 3.05) is 0 Å². The number of phenolic OH excluding ortho intramolecular Hbond substituents is 2. The third kappa shape index (κ3) is 3.88. The number of carbonyl (C=O) groups is 2. The Balaban J connectivity index is 2.59. The van der Waals surface area contributed by atoms with E-state index < -0.39 is 46.3 Å². The van der Waals surface area contributed by atoms with E-state index >= 15 is 0 Å². The van der Waals surface area contributed by atoms with Crippen LogP contribution in [0.1, 0.15) is 44.2 Å². The normalized spacial score (nSPS) is 12.6. The van der Waals surface area contributed by atoms with Gasteiger partial charge in [-0.2, -0.15) is 0 Å². The highest BCUT2D eigenvalue weighted by molar-refractivity contribution is 5.93. The van der Waals surface area contributed by atoms with Crippen LogP contribution in [0.15, 0.2) is 23.1 Å². The van der Waals surface area contributed by atoms with Crippen molar-refractivity contribution < 1.29 is 29.6 Å². The molecule has 2 aromatic rings. The molecular formula is C17H20N2O7. The first-order chi connectivity index (χ1) is 11.9. The van der Waals surface area contributed by atoms with Gasteiger partial charge in [-0.25, -0.2) is 9.59 Å². The lowest BCUT2D eigenvalue weighted by atomic mass is 10.1. The molecule has 1 heterocycles. The number of hydrogen-bond donors (Lipinski definition) is 4. The number of aromatic carboxylic acids is 1. The molecule has 1 unspecified atom stereocenters. The van der Waals surface area contributed by atoms with E-state index in [1.54, 1.807) is 27.7 Å². The second kappa shape index (κ2) is 6.58. The number of fused-ring (bicyclic) bond motifs is 1. The van der Waals surface area contributed by atoms with Gasteiger partial charge in [0.25, 0.3) is 0 Å². The fraction of sp³-hybridized carbons (Fsp3) is 0.353. The predicted molar refractivity (Wildman–Crippen MR) is 92.6 cm³/mol. The molecule has 0 radical (unpaired) electrons. The molecule has 0 bridgehead atoms. The molecule has 0 aliphatic rings. The third-order valence-electron chi connectivity index (χ3n) is 3.50. The SMILES string of the molecule is CC(NC(=O)OC(C)(C)C)n1cc(C(=O)O)c(=O)c2cc(O)c(O)cc21. The van der Waals surface area contributed by atoms with Crippen LogP contribution in [-0.4, -0.2) is 37.6 Å². The van der Waals surface area contributed by atoms with Gasteiger partial charge in [0.1, 0.15) is 17.3 Å². The van der Waals surface area contributed by atoms with Gasteiger partial charge in [0, 0.05) is 12.3 Å². The van der Waals surface area contributed by atoms with Crippen LogP contribution in [0.3, 0.4) is 0 Å². The van der Waals surface area contributed by atoms with Crippen LogP contribution in [0.5, 0.6) is 11.5 Å². The standard InChI is InChI=1S/C17H20N2O7/c1-8(18-16(25)26-17(2,3)4)19-7-10(15(23)24)14(22)9-5-12(20)13(21)6-11(9)19/h5-8,20-21H,1-4H3,(H,18,25)(H,23,24). The Morgan fingerprint density at radius 1 is 1.19 bits per heavy atom. The van der Waals surface area contributed by atoms with Gasteiger partial charge in [-0.15, -0.1) is 0 Å². The number of carboxylic acids is 1. The van der Waals surface area contributed by atoms with E-state index in [-0.39, 0.29) is 10.9 Å². The molecule has 0 spiro atoms. The zero-order valence-electron chi connectivity index (χ0n) is 14.7. The number of alkyl carbamates (subject to hydrolysis) is 1. The Labute approximate surface area is 148 Å². The van der Waals surface area contributed by atoms with Crippen LogP contribution in [0, 0.1) is 0 Å². The van der Waals surface area contributed by atoms with Crippen LogP contribution < -0.4 is 10.7 Å². The highest BCUT2D eigenvalue weighted by Gasteiger charge is 2.22. The highest BCUT2D eigenvalue weighted by atomic mass is 16.6. The number of nitrogens with one attached hydrogen (secondary N) is 1. The molecule has 1 atom stereocenters. The van der Waals surface area contributed by atoms with Crippen molar-refractivity contribution in [1.82, 2.24) is 9.88 Å². The van der Waals surface area contributed by atoms with Crippen LogP contribution in [0.4, 0.5) is 4.79 Å². The molecule has 140 valence electrons. The Morgan fingerprint density at radius 2 is 1.77 bits per heavy atom. The summed E-state index contributed by atoms with van der Waals surface area (Å²) in [6, 6.07) is 2.10. The average molecular weight is 364 g/mol. The molecule has 0 fully saturated rings. The molecule has 0 aliphatic heterocycles. The number of carbonyl (C=O) groups excluding carboxylic acids is 1. The lowest BCUT2D eigenvalue weighted by molar-refractivity contribution is 0.0490. The number of ether oxygens (including phenoxy) is 1. The second-order valence-electron chi connectivity index (χ2n) is 6.76. The molecule has 1 aromatic carbocycles. The number of amides is 1. The maximum atomic E-state index is 12.3. The Morgan fingerprint density at radius 3 is 2.31 bits per heavy atom. The van der Waals surface area contributed by atoms with Crippen molar-refractivity contribution >= 4 is 23.0 Å². The first-order valence-corrected chi connectivity index (χ1v) is 7.74. The smallest absolute Gasteiger partial charge is 0.409 e. The molecular weight excluding hydrogens is 344 g/mol. The largest absolute Gasteiger partial charge is 0.504 e. The van der Waals surface area contributed by atoms with Gasteiger partial charge in [0.15, 0.2) is 11.5 Å². The number of pyridine rings is 1. The first kappa shape index (κ1) is 19.1. The number of phenols is 2. The van der Waals surface area contributed by atoms with Crippen LogP contribution in [0.2, 0.25) is 0 Å². The zero-order chi connectivity index (χ0) is 19.8. The van der Waals surface area contributed by atoms with Gasteiger partial charge in [-0.1, -0.05) is 0 Å². The predicted octanol–water partition coefficient (Wildman–Crippen LogP) is 2.15. The summed E-state index contributed by atoms with van der Waals surface area (Å²) >= 11 is 0. The molecule has 0 saturated carbocycles. The van der Waals surface area contributed by atoms with Gasteiger partial charge in [-0.05, 0) is 33.8 Å². The van der Waals surface area contributed by atoms with Crippen LogP contribution in [-0.2, 0) is 4.74 Å². The van der Waals surface area contributed by atoms with Crippen molar-refractivity contribution in [3.63, 3.8) is 0 Å².